The molecular weight excluding hydrogens is 214 g/mol. The summed E-state index contributed by atoms with van der Waals surface area (Å²) in [5.74, 6) is -0.375. The number of carboxylic acid groups (broad SMARTS) is 1. The predicted octanol–water partition coefficient (Wildman–Crippen LogP) is 2.42. The molecule has 1 aromatic rings. The van der Waals surface area contributed by atoms with E-state index in [0.29, 0.717) is 18.4 Å². The summed E-state index contributed by atoms with van der Waals surface area (Å²) in [6.07, 6.45) is 3.58. The molecule has 0 saturated heterocycles. The normalized spacial score (nSPS) is 23.8. The lowest BCUT2D eigenvalue weighted by atomic mass is 9.99. The van der Waals surface area contributed by atoms with Gasteiger partial charge < -0.3 is 10.4 Å². The molecule has 3 nitrogen and oxygen atoms in total. The van der Waals surface area contributed by atoms with Gasteiger partial charge in [0.25, 0.3) is 0 Å². The van der Waals surface area contributed by atoms with Crippen LogP contribution in [0.25, 0.3) is 0 Å². The van der Waals surface area contributed by atoms with Gasteiger partial charge in [0.15, 0.2) is 0 Å². The van der Waals surface area contributed by atoms with E-state index in [9.17, 15) is 4.79 Å². The number of nitrogens with one attached hydrogen (secondary N) is 1. The summed E-state index contributed by atoms with van der Waals surface area (Å²) in [5.41, 5.74) is 1.26. The Labute approximate surface area is 102 Å². The molecule has 2 unspecified atom stereocenters. The molecule has 17 heavy (non-hydrogen) atoms. The van der Waals surface area contributed by atoms with Crippen molar-refractivity contribution in [2.75, 3.05) is 0 Å². The minimum Gasteiger partial charge on any atom is -0.481 e. The Bertz CT molecular complexity index is 364. The smallest absolute Gasteiger partial charge is 0.303 e. The van der Waals surface area contributed by atoms with E-state index in [2.05, 4.69) is 17.4 Å². The second kappa shape index (κ2) is 5.82. The van der Waals surface area contributed by atoms with Crippen LogP contribution in [0.2, 0.25) is 0 Å². The van der Waals surface area contributed by atoms with Crippen LogP contribution in [0.4, 0.5) is 0 Å². The summed E-state index contributed by atoms with van der Waals surface area (Å²) >= 11 is 0. The van der Waals surface area contributed by atoms with Crippen molar-refractivity contribution in [3.8, 4) is 0 Å². The third-order valence-corrected chi connectivity index (χ3v) is 3.51. The van der Waals surface area contributed by atoms with Crippen LogP contribution in [-0.4, -0.2) is 17.1 Å². The molecule has 0 aromatic heterocycles. The van der Waals surface area contributed by atoms with Crippen LogP contribution in [0.5, 0.6) is 0 Å². The quantitative estimate of drug-likeness (QED) is 0.821. The molecule has 1 aliphatic carbocycles. The molecule has 1 aliphatic rings. The maximum Gasteiger partial charge on any atom is 0.303 e. The molecule has 92 valence electrons. The lowest BCUT2D eigenvalue weighted by molar-refractivity contribution is -0.138. The summed E-state index contributed by atoms with van der Waals surface area (Å²) in [6, 6.07) is 10.6. The van der Waals surface area contributed by atoms with Gasteiger partial charge in [0.2, 0.25) is 0 Å². The Morgan fingerprint density at radius 2 is 2.06 bits per heavy atom. The molecule has 0 aliphatic heterocycles. The summed E-state index contributed by atoms with van der Waals surface area (Å²) in [4.78, 5) is 10.7. The van der Waals surface area contributed by atoms with Crippen molar-refractivity contribution in [3.05, 3.63) is 35.9 Å². The maximum atomic E-state index is 10.7. The molecule has 2 rings (SSSR count). The zero-order valence-corrected chi connectivity index (χ0v) is 9.93. The summed E-state index contributed by atoms with van der Waals surface area (Å²) < 4.78 is 0. The van der Waals surface area contributed by atoms with Gasteiger partial charge in [0.1, 0.15) is 0 Å². The molecular formula is C14H19NO2. The SMILES string of the molecule is O=C(O)CC1CCCC1NCc1ccccc1. The molecule has 1 saturated carbocycles. The van der Waals surface area contributed by atoms with Gasteiger partial charge in [-0.1, -0.05) is 36.8 Å². The molecule has 1 fully saturated rings. The number of carboxylic acids is 1. The van der Waals surface area contributed by atoms with Crippen LogP contribution < -0.4 is 5.32 Å². The number of aliphatic carboxylic acids is 1. The summed E-state index contributed by atoms with van der Waals surface area (Å²) in [5, 5.41) is 12.3. The number of hydrogen-bond donors (Lipinski definition) is 2. The highest BCUT2D eigenvalue weighted by atomic mass is 16.4. The highest BCUT2D eigenvalue weighted by Crippen LogP contribution is 2.28. The highest BCUT2D eigenvalue weighted by Gasteiger charge is 2.28. The first-order chi connectivity index (χ1) is 8.25. The average molecular weight is 233 g/mol. The monoisotopic (exact) mass is 233 g/mol. The average Bonchev–Trinajstić information content (AvgIpc) is 2.74. The Hall–Kier alpha value is -1.35. The number of rotatable bonds is 5. The van der Waals surface area contributed by atoms with Gasteiger partial charge >= 0.3 is 5.97 Å². The van der Waals surface area contributed by atoms with Gasteiger partial charge in [0.05, 0.1) is 0 Å². The molecule has 0 bridgehead atoms. The van der Waals surface area contributed by atoms with Crippen LogP contribution >= 0.6 is 0 Å². The number of benzene rings is 1. The van der Waals surface area contributed by atoms with E-state index in [-0.39, 0.29) is 0 Å². The molecule has 1 aromatic carbocycles. The first kappa shape index (κ1) is 12.1. The molecule has 2 atom stereocenters. The van der Waals surface area contributed by atoms with Crippen LogP contribution in [0.3, 0.4) is 0 Å². The van der Waals surface area contributed by atoms with Crippen LogP contribution in [0.15, 0.2) is 30.3 Å². The topological polar surface area (TPSA) is 49.3 Å². The third-order valence-electron chi connectivity index (χ3n) is 3.51. The van der Waals surface area contributed by atoms with Gasteiger partial charge in [-0.3, -0.25) is 4.79 Å². The highest BCUT2D eigenvalue weighted by molar-refractivity contribution is 5.67. The van der Waals surface area contributed by atoms with Crippen molar-refractivity contribution in [3.63, 3.8) is 0 Å². The zero-order chi connectivity index (χ0) is 12.1. The van der Waals surface area contributed by atoms with Crippen LogP contribution in [0.1, 0.15) is 31.2 Å². The molecule has 0 radical (unpaired) electrons. The van der Waals surface area contributed by atoms with Crippen molar-refractivity contribution in [1.29, 1.82) is 0 Å². The Kier molecular flexibility index (Phi) is 4.15. The molecule has 2 N–H and O–H groups in total. The third kappa shape index (κ3) is 3.56. The first-order valence-corrected chi connectivity index (χ1v) is 6.25. The van der Waals surface area contributed by atoms with Gasteiger partial charge in [-0.15, -0.1) is 0 Å². The standard InChI is InChI=1S/C14H19NO2/c16-14(17)9-12-7-4-8-13(12)15-10-11-5-2-1-3-6-11/h1-3,5-6,12-13,15H,4,7-10H2,(H,16,17). The fraction of sp³-hybridized carbons (Fsp3) is 0.500. The lowest BCUT2D eigenvalue weighted by Gasteiger charge is -2.19. The van der Waals surface area contributed by atoms with Crippen LogP contribution in [-0.2, 0) is 11.3 Å². The van der Waals surface area contributed by atoms with Crippen LogP contribution in [0, 0.1) is 5.92 Å². The van der Waals surface area contributed by atoms with Gasteiger partial charge in [-0.25, -0.2) is 0 Å². The minimum absolute atomic E-state index is 0.298. The van der Waals surface area contributed by atoms with Crippen molar-refractivity contribution in [2.24, 2.45) is 5.92 Å². The summed E-state index contributed by atoms with van der Waals surface area (Å²) in [7, 11) is 0. The maximum absolute atomic E-state index is 10.7. The predicted molar refractivity (Wildman–Crippen MR) is 66.7 cm³/mol. The molecule has 3 heteroatoms. The second-order valence-electron chi connectivity index (χ2n) is 4.76. The fourth-order valence-electron chi connectivity index (χ4n) is 2.62. The van der Waals surface area contributed by atoms with Crippen molar-refractivity contribution in [2.45, 2.75) is 38.3 Å². The van der Waals surface area contributed by atoms with E-state index in [1.165, 1.54) is 5.56 Å². The molecule has 0 amide bonds. The molecule has 0 spiro atoms. The largest absolute Gasteiger partial charge is 0.481 e. The lowest BCUT2D eigenvalue weighted by Crippen LogP contribution is -2.33. The van der Waals surface area contributed by atoms with Gasteiger partial charge in [-0.2, -0.15) is 0 Å². The minimum atomic E-state index is -0.677. The van der Waals surface area contributed by atoms with E-state index in [0.717, 1.165) is 25.8 Å². The van der Waals surface area contributed by atoms with Crippen molar-refractivity contribution in [1.82, 2.24) is 5.32 Å². The number of hydrogen-bond acceptors (Lipinski definition) is 2. The Morgan fingerprint density at radius 3 is 2.76 bits per heavy atom. The van der Waals surface area contributed by atoms with Crippen molar-refractivity contribution < 1.29 is 9.90 Å². The Balaban J connectivity index is 1.84. The van der Waals surface area contributed by atoms with Gasteiger partial charge in [0, 0.05) is 19.0 Å². The van der Waals surface area contributed by atoms with Gasteiger partial charge in [-0.05, 0) is 24.3 Å². The first-order valence-electron chi connectivity index (χ1n) is 6.25. The van der Waals surface area contributed by atoms with E-state index in [4.69, 9.17) is 5.11 Å². The second-order valence-corrected chi connectivity index (χ2v) is 4.76. The molecule has 0 heterocycles. The van der Waals surface area contributed by atoms with E-state index < -0.39 is 5.97 Å². The van der Waals surface area contributed by atoms with E-state index in [1.54, 1.807) is 0 Å². The fourth-order valence-corrected chi connectivity index (χ4v) is 2.62. The van der Waals surface area contributed by atoms with Crippen molar-refractivity contribution >= 4 is 5.97 Å². The van der Waals surface area contributed by atoms with E-state index >= 15 is 0 Å². The summed E-state index contributed by atoms with van der Waals surface area (Å²) in [6.45, 7) is 0.835. The Morgan fingerprint density at radius 1 is 1.29 bits per heavy atom. The van der Waals surface area contributed by atoms with E-state index in [1.807, 2.05) is 18.2 Å². The zero-order valence-electron chi connectivity index (χ0n) is 9.93. The number of carbonyl (C=O) groups is 1.